The molecule has 0 saturated heterocycles. The Labute approximate surface area is 131 Å². The molecular formula is C13H12BrClN2O2S. The highest BCUT2D eigenvalue weighted by Gasteiger charge is 2.18. The molecule has 2 aromatic rings. The maximum Gasteiger partial charge on any atom is 0.263 e. The summed E-state index contributed by atoms with van der Waals surface area (Å²) in [6.45, 7) is 1.78. The van der Waals surface area contributed by atoms with E-state index in [9.17, 15) is 8.42 Å². The molecule has 2 aromatic carbocycles. The van der Waals surface area contributed by atoms with E-state index < -0.39 is 10.0 Å². The summed E-state index contributed by atoms with van der Waals surface area (Å²) in [5, 5.41) is 0.153. The van der Waals surface area contributed by atoms with E-state index in [-0.39, 0.29) is 9.92 Å². The summed E-state index contributed by atoms with van der Waals surface area (Å²) in [6.07, 6.45) is 0. The van der Waals surface area contributed by atoms with Gasteiger partial charge in [-0.25, -0.2) is 8.42 Å². The molecule has 3 N–H and O–H groups in total. The van der Waals surface area contributed by atoms with Crippen molar-refractivity contribution < 1.29 is 8.42 Å². The Balaban J connectivity index is 2.41. The summed E-state index contributed by atoms with van der Waals surface area (Å²) in [5.74, 6) is 0. The summed E-state index contributed by atoms with van der Waals surface area (Å²) in [4.78, 5) is 0.0265. The van der Waals surface area contributed by atoms with Crippen LogP contribution in [0.4, 0.5) is 11.4 Å². The zero-order valence-corrected chi connectivity index (χ0v) is 13.7. The molecule has 0 bridgehead atoms. The third kappa shape index (κ3) is 3.26. The van der Waals surface area contributed by atoms with Crippen LogP contribution in [0.5, 0.6) is 0 Å². The first-order valence-corrected chi connectivity index (χ1v) is 8.29. The molecule has 106 valence electrons. The van der Waals surface area contributed by atoms with Crippen LogP contribution in [0, 0.1) is 6.92 Å². The topological polar surface area (TPSA) is 72.2 Å². The van der Waals surface area contributed by atoms with Crippen molar-refractivity contribution in [1.82, 2.24) is 0 Å². The zero-order valence-electron chi connectivity index (χ0n) is 10.5. The van der Waals surface area contributed by atoms with Crippen molar-refractivity contribution in [2.24, 2.45) is 0 Å². The van der Waals surface area contributed by atoms with Gasteiger partial charge in [0.05, 0.1) is 10.7 Å². The highest BCUT2D eigenvalue weighted by Crippen LogP contribution is 2.28. The molecule has 0 heterocycles. The van der Waals surface area contributed by atoms with Crippen LogP contribution in [-0.4, -0.2) is 8.42 Å². The normalized spacial score (nSPS) is 11.3. The Morgan fingerprint density at radius 1 is 1.20 bits per heavy atom. The van der Waals surface area contributed by atoms with Crippen molar-refractivity contribution in [3.63, 3.8) is 0 Å². The van der Waals surface area contributed by atoms with Gasteiger partial charge in [0.15, 0.2) is 0 Å². The highest BCUT2D eigenvalue weighted by atomic mass is 79.9. The first-order chi connectivity index (χ1) is 9.29. The molecule has 0 amide bonds. The molecule has 0 aliphatic rings. The highest BCUT2D eigenvalue weighted by molar-refractivity contribution is 9.10. The molecule has 20 heavy (non-hydrogen) atoms. The second kappa shape index (κ2) is 5.63. The van der Waals surface area contributed by atoms with Crippen LogP contribution in [0.3, 0.4) is 0 Å². The number of halogens is 2. The van der Waals surface area contributed by atoms with Crippen LogP contribution in [0.25, 0.3) is 0 Å². The summed E-state index contributed by atoms with van der Waals surface area (Å²) in [7, 11) is -3.74. The number of hydrogen-bond acceptors (Lipinski definition) is 3. The van der Waals surface area contributed by atoms with E-state index in [1.165, 1.54) is 12.1 Å². The van der Waals surface area contributed by atoms with Crippen LogP contribution < -0.4 is 10.5 Å². The maximum atomic E-state index is 12.3. The van der Waals surface area contributed by atoms with Gasteiger partial charge in [0, 0.05) is 10.2 Å². The first kappa shape index (κ1) is 15.2. The lowest BCUT2D eigenvalue weighted by molar-refractivity contribution is 0.601. The van der Waals surface area contributed by atoms with Gasteiger partial charge in [-0.1, -0.05) is 27.5 Å². The quantitative estimate of drug-likeness (QED) is 0.802. The number of aryl methyl sites for hydroxylation is 1. The monoisotopic (exact) mass is 374 g/mol. The smallest absolute Gasteiger partial charge is 0.263 e. The van der Waals surface area contributed by atoms with E-state index >= 15 is 0 Å². The minimum Gasteiger partial charge on any atom is -0.399 e. The van der Waals surface area contributed by atoms with Gasteiger partial charge in [0.1, 0.15) is 4.90 Å². The number of nitrogen functional groups attached to an aromatic ring is 1. The molecule has 0 atom stereocenters. The Hall–Kier alpha value is -1.24. The molecule has 7 heteroatoms. The summed E-state index contributed by atoms with van der Waals surface area (Å²) in [6, 6.07) is 9.55. The van der Waals surface area contributed by atoms with Crippen LogP contribution in [-0.2, 0) is 10.0 Å². The van der Waals surface area contributed by atoms with Crippen molar-refractivity contribution in [3.8, 4) is 0 Å². The van der Waals surface area contributed by atoms with Crippen molar-refractivity contribution in [2.45, 2.75) is 11.8 Å². The van der Waals surface area contributed by atoms with E-state index in [1.54, 1.807) is 31.2 Å². The predicted octanol–water partition coefficient (Wildman–Crippen LogP) is 3.79. The third-order valence-corrected chi connectivity index (χ3v) is 5.02. The van der Waals surface area contributed by atoms with Crippen molar-refractivity contribution in [3.05, 3.63) is 51.5 Å². The van der Waals surface area contributed by atoms with Crippen LogP contribution in [0.15, 0.2) is 45.8 Å². The zero-order chi connectivity index (χ0) is 14.9. The molecular weight excluding hydrogens is 364 g/mol. The molecule has 0 radical (unpaired) electrons. The molecule has 0 aliphatic carbocycles. The van der Waals surface area contributed by atoms with Gasteiger partial charge >= 0.3 is 0 Å². The lowest BCUT2D eigenvalue weighted by atomic mass is 10.2. The van der Waals surface area contributed by atoms with Gasteiger partial charge in [-0.2, -0.15) is 0 Å². The van der Waals surface area contributed by atoms with E-state index in [0.717, 1.165) is 5.56 Å². The molecule has 0 spiro atoms. The number of benzene rings is 2. The molecule has 4 nitrogen and oxygen atoms in total. The van der Waals surface area contributed by atoms with Gasteiger partial charge in [0.25, 0.3) is 10.0 Å². The summed E-state index contributed by atoms with van der Waals surface area (Å²) in [5.41, 5.74) is 7.42. The van der Waals surface area contributed by atoms with E-state index in [2.05, 4.69) is 20.7 Å². The molecule has 0 aromatic heterocycles. The van der Waals surface area contributed by atoms with Gasteiger partial charge in [-0.3, -0.25) is 4.72 Å². The SMILES string of the molecule is Cc1cc(N)ccc1NS(=O)(=O)c1ccc(Br)cc1Cl. The lowest BCUT2D eigenvalue weighted by Crippen LogP contribution is -2.14. The van der Waals surface area contributed by atoms with Gasteiger partial charge in [0.2, 0.25) is 0 Å². The average molecular weight is 376 g/mol. The standard InChI is InChI=1S/C13H12BrClN2O2S/c1-8-6-10(16)3-4-12(8)17-20(18,19)13-5-2-9(14)7-11(13)15/h2-7,17H,16H2,1H3. The fraction of sp³-hybridized carbons (Fsp3) is 0.0769. The van der Waals surface area contributed by atoms with Gasteiger partial charge in [-0.15, -0.1) is 0 Å². The minimum absolute atomic E-state index is 0.0265. The summed E-state index contributed by atoms with van der Waals surface area (Å²) < 4.78 is 27.9. The molecule has 0 unspecified atom stereocenters. The van der Waals surface area contributed by atoms with Crippen LogP contribution >= 0.6 is 27.5 Å². The molecule has 0 saturated carbocycles. The first-order valence-electron chi connectivity index (χ1n) is 5.63. The minimum atomic E-state index is -3.74. The van der Waals surface area contributed by atoms with Crippen molar-refractivity contribution >= 4 is 48.9 Å². The van der Waals surface area contributed by atoms with Crippen molar-refractivity contribution in [2.75, 3.05) is 10.5 Å². The summed E-state index contributed by atoms with van der Waals surface area (Å²) >= 11 is 9.21. The number of nitrogens with two attached hydrogens (primary N) is 1. The van der Waals surface area contributed by atoms with Crippen LogP contribution in [0.2, 0.25) is 5.02 Å². The van der Waals surface area contributed by atoms with Crippen LogP contribution in [0.1, 0.15) is 5.56 Å². The Morgan fingerprint density at radius 2 is 1.90 bits per heavy atom. The Morgan fingerprint density at radius 3 is 2.50 bits per heavy atom. The lowest BCUT2D eigenvalue weighted by Gasteiger charge is -2.12. The van der Waals surface area contributed by atoms with Gasteiger partial charge < -0.3 is 5.73 Å². The second-order valence-electron chi connectivity index (χ2n) is 4.25. The number of anilines is 2. The number of sulfonamides is 1. The third-order valence-electron chi connectivity index (χ3n) is 2.68. The van der Waals surface area contributed by atoms with E-state index in [4.69, 9.17) is 17.3 Å². The fourth-order valence-electron chi connectivity index (χ4n) is 1.69. The molecule has 0 fully saturated rings. The van der Waals surface area contributed by atoms with Crippen molar-refractivity contribution in [1.29, 1.82) is 0 Å². The van der Waals surface area contributed by atoms with E-state index in [1.807, 2.05) is 0 Å². The fourth-order valence-corrected chi connectivity index (χ4v) is 3.86. The predicted molar refractivity (Wildman–Crippen MR) is 85.6 cm³/mol. The number of nitrogens with one attached hydrogen (secondary N) is 1. The van der Waals surface area contributed by atoms with Gasteiger partial charge in [-0.05, 0) is 48.9 Å². The molecule has 2 rings (SSSR count). The van der Waals surface area contributed by atoms with E-state index in [0.29, 0.717) is 15.8 Å². The number of rotatable bonds is 3. The Kier molecular flexibility index (Phi) is 4.27. The molecule has 0 aliphatic heterocycles. The number of hydrogen-bond donors (Lipinski definition) is 2. The maximum absolute atomic E-state index is 12.3. The second-order valence-corrected chi connectivity index (χ2v) is 7.23. The Bertz CT molecular complexity index is 763. The average Bonchev–Trinajstić information content (AvgIpc) is 2.32. The largest absolute Gasteiger partial charge is 0.399 e.